The molecule has 84 valence electrons. The number of rotatable bonds is 2. The summed E-state index contributed by atoms with van der Waals surface area (Å²) in [4.78, 5) is 0. The molecule has 1 aliphatic heterocycles. The minimum absolute atomic E-state index is 0.178. The first-order valence-corrected chi connectivity index (χ1v) is 5.39. The summed E-state index contributed by atoms with van der Waals surface area (Å²) in [6.07, 6.45) is -0.178. The van der Waals surface area contributed by atoms with Crippen molar-refractivity contribution in [1.82, 2.24) is 0 Å². The minimum Gasteiger partial charge on any atom is -0.348 e. The number of nitrogens with zero attached hydrogens (tertiary/aromatic N) is 1. The second kappa shape index (κ2) is 4.25. The van der Waals surface area contributed by atoms with Gasteiger partial charge in [0.15, 0.2) is 5.79 Å². The van der Waals surface area contributed by atoms with Gasteiger partial charge in [-0.1, -0.05) is 30.3 Å². The molecule has 1 aliphatic rings. The van der Waals surface area contributed by atoms with E-state index in [0.29, 0.717) is 6.61 Å². The number of ether oxygens (including phenoxy) is 2. The summed E-state index contributed by atoms with van der Waals surface area (Å²) < 4.78 is 11.2. The van der Waals surface area contributed by atoms with Gasteiger partial charge in [-0.3, -0.25) is 0 Å². The molecule has 0 amide bonds. The van der Waals surface area contributed by atoms with E-state index < -0.39 is 5.79 Å². The van der Waals surface area contributed by atoms with E-state index in [1.54, 1.807) is 0 Å². The van der Waals surface area contributed by atoms with Gasteiger partial charge in [0, 0.05) is 0 Å². The van der Waals surface area contributed by atoms with Gasteiger partial charge >= 0.3 is 0 Å². The third-order valence-corrected chi connectivity index (χ3v) is 2.70. The third-order valence-electron chi connectivity index (χ3n) is 2.70. The van der Waals surface area contributed by atoms with Crippen LogP contribution in [0.3, 0.4) is 0 Å². The Morgan fingerprint density at radius 2 is 2.06 bits per heavy atom. The van der Waals surface area contributed by atoms with Gasteiger partial charge in [0.2, 0.25) is 0 Å². The standard InChI is InChI=1S/C13H15NO2/c1-13(2)15-9-12(16-13)11(8-14)10-6-4-3-5-7-10/h3-7,11-12H,9H2,1-2H3/t11-,12+/m0/s1. The Balaban J connectivity index is 2.17. The van der Waals surface area contributed by atoms with Crippen LogP contribution >= 0.6 is 0 Å². The molecule has 0 saturated carbocycles. The molecule has 1 saturated heterocycles. The second-order valence-electron chi connectivity index (χ2n) is 4.38. The monoisotopic (exact) mass is 217 g/mol. The first kappa shape index (κ1) is 11.1. The van der Waals surface area contributed by atoms with Gasteiger partial charge in [-0.15, -0.1) is 0 Å². The van der Waals surface area contributed by atoms with Crippen molar-refractivity contribution in [2.24, 2.45) is 0 Å². The van der Waals surface area contributed by atoms with Crippen LogP contribution in [0.1, 0.15) is 25.3 Å². The van der Waals surface area contributed by atoms with Crippen LogP contribution in [0.15, 0.2) is 30.3 Å². The highest BCUT2D eigenvalue weighted by Gasteiger charge is 2.38. The molecule has 2 atom stereocenters. The van der Waals surface area contributed by atoms with Crippen LogP contribution in [0, 0.1) is 11.3 Å². The van der Waals surface area contributed by atoms with Crippen molar-refractivity contribution in [3.05, 3.63) is 35.9 Å². The Morgan fingerprint density at radius 3 is 2.56 bits per heavy atom. The molecule has 1 heterocycles. The highest BCUT2D eigenvalue weighted by atomic mass is 16.7. The van der Waals surface area contributed by atoms with Crippen LogP contribution in [-0.4, -0.2) is 18.5 Å². The molecule has 1 fully saturated rings. The first-order chi connectivity index (χ1) is 7.62. The largest absolute Gasteiger partial charge is 0.348 e. The molecule has 1 aromatic rings. The smallest absolute Gasteiger partial charge is 0.163 e. The molecule has 0 radical (unpaired) electrons. The van der Waals surface area contributed by atoms with E-state index in [1.165, 1.54) is 0 Å². The van der Waals surface area contributed by atoms with Crippen LogP contribution in [0.4, 0.5) is 0 Å². The first-order valence-electron chi connectivity index (χ1n) is 5.39. The molecule has 0 unspecified atom stereocenters. The van der Waals surface area contributed by atoms with Crippen LogP contribution in [0.5, 0.6) is 0 Å². The topological polar surface area (TPSA) is 42.2 Å². The van der Waals surface area contributed by atoms with Crippen molar-refractivity contribution in [1.29, 1.82) is 5.26 Å². The van der Waals surface area contributed by atoms with Gasteiger partial charge in [0.1, 0.15) is 6.10 Å². The predicted molar refractivity (Wildman–Crippen MR) is 59.7 cm³/mol. The van der Waals surface area contributed by atoms with Crippen molar-refractivity contribution in [3.8, 4) is 6.07 Å². The number of hydrogen-bond donors (Lipinski definition) is 0. The molecule has 0 aliphatic carbocycles. The van der Waals surface area contributed by atoms with Crippen LogP contribution in [-0.2, 0) is 9.47 Å². The van der Waals surface area contributed by atoms with E-state index in [9.17, 15) is 5.26 Å². The van der Waals surface area contributed by atoms with E-state index in [0.717, 1.165) is 5.56 Å². The average Bonchev–Trinajstić information content (AvgIpc) is 2.62. The maximum Gasteiger partial charge on any atom is 0.163 e. The van der Waals surface area contributed by atoms with Gasteiger partial charge in [-0.25, -0.2) is 0 Å². The highest BCUT2D eigenvalue weighted by molar-refractivity contribution is 5.26. The number of benzene rings is 1. The summed E-state index contributed by atoms with van der Waals surface area (Å²) >= 11 is 0. The van der Waals surface area contributed by atoms with Gasteiger partial charge in [-0.05, 0) is 19.4 Å². The zero-order valence-electron chi connectivity index (χ0n) is 9.51. The number of hydrogen-bond acceptors (Lipinski definition) is 3. The normalized spacial score (nSPS) is 24.9. The molecule has 3 heteroatoms. The summed E-state index contributed by atoms with van der Waals surface area (Å²) in [5, 5.41) is 9.22. The highest BCUT2D eigenvalue weighted by Crippen LogP contribution is 2.31. The average molecular weight is 217 g/mol. The van der Waals surface area contributed by atoms with E-state index in [4.69, 9.17) is 9.47 Å². The summed E-state index contributed by atoms with van der Waals surface area (Å²) in [6, 6.07) is 12.0. The summed E-state index contributed by atoms with van der Waals surface area (Å²) in [6.45, 7) is 4.21. The van der Waals surface area contributed by atoms with Gasteiger partial charge in [0.25, 0.3) is 0 Å². The van der Waals surface area contributed by atoms with Crippen molar-refractivity contribution in [2.45, 2.75) is 31.7 Å². The molecule has 0 bridgehead atoms. The maximum atomic E-state index is 9.22. The van der Waals surface area contributed by atoms with Gasteiger partial charge < -0.3 is 9.47 Å². The summed E-state index contributed by atoms with van der Waals surface area (Å²) in [5.74, 6) is -0.836. The van der Waals surface area contributed by atoms with Crippen LogP contribution < -0.4 is 0 Å². The van der Waals surface area contributed by atoms with Crippen molar-refractivity contribution < 1.29 is 9.47 Å². The van der Waals surface area contributed by atoms with Crippen LogP contribution in [0.25, 0.3) is 0 Å². The lowest BCUT2D eigenvalue weighted by atomic mass is 9.95. The fourth-order valence-electron chi connectivity index (χ4n) is 1.91. The van der Waals surface area contributed by atoms with E-state index in [2.05, 4.69) is 6.07 Å². The molecular formula is C13H15NO2. The fraction of sp³-hybridized carbons (Fsp3) is 0.462. The van der Waals surface area contributed by atoms with E-state index >= 15 is 0 Å². The predicted octanol–water partition coefficient (Wildman–Crippen LogP) is 2.45. The molecule has 0 spiro atoms. The second-order valence-corrected chi connectivity index (χ2v) is 4.38. The Kier molecular flexibility index (Phi) is 2.95. The fourth-order valence-corrected chi connectivity index (χ4v) is 1.91. The zero-order valence-corrected chi connectivity index (χ0v) is 9.51. The molecule has 16 heavy (non-hydrogen) atoms. The Labute approximate surface area is 95.6 Å². The lowest BCUT2D eigenvalue weighted by Gasteiger charge is -2.19. The Morgan fingerprint density at radius 1 is 1.38 bits per heavy atom. The maximum absolute atomic E-state index is 9.22. The molecule has 2 rings (SSSR count). The summed E-state index contributed by atoms with van der Waals surface area (Å²) in [7, 11) is 0. The van der Waals surface area contributed by atoms with Gasteiger partial charge in [-0.2, -0.15) is 5.26 Å². The Hall–Kier alpha value is -1.37. The number of nitriles is 1. The lowest BCUT2D eigenvalue weighted by molar-refractivity contribution is -0.139. The Bertz CT molecular complexity index is 394. The lowest BCUT2D eigenvalue weighted by Crippen LogP contribution is -2.24. The SMILES string of the molecule is CC1(C)OC[C@H]([C@@H](C#N)c2ccccc2)O1. The third kappa shape index (κ3) is 2.24. The zero-order chi connectivity index (χ0) is 11.6. The van der Waals surface area contributed by atoms with Crippen molar-refractivity contribution >= 4 is 0 Å². The molecule has 1 aromatic carbocycles. The molecule has 3 nitrogen and oxygen atoms in total. The van der Waals surface area contributed by atoms with Gasteiger partial charge in [0.05, 0.1) is 18.6 Å². The minimum atomic E-state index is -0.575. The molecule has 0 N–H and O–H groups in total. The molecular weight excluding hydrogens is 202 g/mol. The molecule has 0 aromatic heterocycles. The van der Waals surface area contributed by atoms with E-state index in [1.807, 2.05) is 44.2 Å². The van der Waals surface area contributed by atoms with Crippen molar-refractivity contribution in [2.75, 3.05) is 6.61 Å². The van der Waals surface area contributed by atoms with E-state index in [-0.39, 0.29) is 12.0 Å². The summed E-state index contributed by atoms with van der Waals surface area (Å²) in [5.41, 5.74) is 0.983. The quantitative estimate of drug-likeness (QED) is 0.764. The van der Waals surface area contributed by atoms with Crippen molar-refractivity contribution in [3.63, 3.8) is 0 Å². The van der Waals surface area contributed by atoms with Crippen LogP contribution in [0.2, 0.25) is 0 Å².